The number of rotatable bonds is 6. The van der Waals surface area contributed by atoms with Crippen LogP contribution >= 0.6 is 0 Å². The van der Waals surface area contributed by atoms with Gasteiger partial charge in [-0.05, 0) is 44.2 Å². The summed E-state index contributed by atoms with van der Waals surface area (Å²) >= 11 is 0. The van der Waals surface area contributed by atoms with E-state index < -0.39 is 0 Å². The van der Waals surface area contributed by atoms with E-state index in [1.165, 1.54) is 37.5 Å². The first-order valence-electron chi connectivity index (χ1n) is 9.23. The number of benzene rings is 1. The Morgan fingerprint density at radius 2 is 2.04 bits per heavy atom. The molecule has 2 aromatic rings. The Morgan fingerprint density at radius 3 is 2.85 bits per heavy atom. The zero-order valence-electron chi connectivity index (χ0n) is 15.0. The van der Waals surface area contributed by atoms with E-state index in [1.54, 1.807) is 24.4 Å². The highest BCUT2D eigenvalue weighted by atomic mass is 16.7. The molecule has 27 heavy (non-hydrogen) atoms. The lowest BCUT2D eigenvalue weighted by atomic mass is 9.97. The van der Waals surface area contributed by atoms with Crippen molar-refractivity contribution in [2.45, 2.75) is 32.1 Å². The molecule has 0 radical (unpaired) electrons. The standard InChI is InChI=1S/C20H22N4O3/c25-20(24-15-6-7-17-18(10-15)27-13-26-17)16-11-23-19(12-22-16)21-9-8-14-4-2-1-3-5-14/h4,6-7,10-12H,1-3,5,8-9,13H2,(H,21,23)(H,24,25). The summed E-state index contributed by atoms with van der Waals surface area (Å²) in [6, 6.07) is 5.25. The number of hydrogen-bond donors (Lipinski definition) is 2. The summed E-state index contributed by atoms with van der Waals surface area (Å²) in [6.45, 7) is 1.02. The molecule has 0 unspecified atom stereocenters. The van der Waals surface area contributed by atoms with Crippen molar-refractivity contribution in [3.8, 4) is 11.5 Å². The molecule has 0 atom stereocenters. The summed E-state index contributed by atoms with van der Waals surface area (Å²) in [4.78, 5) is 20.8. The van der Waals surface area contributed by atoms with E-state index in [1.807, 2.05) is 0 Å². The van der Waals surface area contributed by atoms with Crippen LogP contribution in [0.3, 0.4) is 0 Å². The van der Waals surface area contributed by atoms with Gasteiger partial charge in [0.2, 0.25) is 6.79 Å². The Hall–Kier alpha value is -3.09. The summed E-state index contributed by atoms with van der Waals surface area (Å²) in [7, 11) is 0. The van der Waals surface area contributed by atoms with Gasteiger partial charge in [-0.3, -0.25) is 4.79 Å². The van der Waals surface area contributed by atoms with Crippen LogP contribution in [0.5, 0.6) is 11.5 Å². The molecule has 0 fully saturated rings. The van der Waals surface area contributed by atoms with E-state index in [0.717, 1.165) is 13.0 Å². The smallest absolute Gasteiger partial charge is 0.275 e. The first kappa shape index (κ1) is 17.3. The van der Waals surface area contributed by atoms with Crippen LogP contribution in [0.25, 0.3) is 0 Å². The van der Waals surface area contributed by atoms with Gasteiger partial charge in [-0.1, -0.05) is 11.6 Å². The quantitative estimate of drug-likeness (QED) is 0.757. The lowest BCUT2D eigenvalue weighted by molar-refractivity contribution is 0.102. The lowest BCUT2D eigenvalue weighted by Crippen LogP contribution is -2.14. The molecule has 0 spiro atoms. The molecular formula is C20H22N4O3. The van der Waals surface area contributed by atoms with Crippen molar-refractivity contribution < 1.29 is 14.3 Å². The number of carbonyl (C=O) groups excluding carboxylic acids is 1. The predicted molar refractivity (Wildman–Crippen MR) is 102 cm³/mol. The van der Waals surface area contributed by atoms with Crippen molar-refractivity contribution in [1.82, 2.24) is 9.97 Å². The Balaban J connectivity index is 1.30. The molecular weight excluding hydrogens is 344 g/mol. The largest absolute Gasteiger partial charge is 0.454 e. The highest BCUT2D eigenvalue weighted by molar-refractivity contribution is 6.02. The maximum Gasteiger partial charge on any atom is 0.275 e. The average molecular weight is 366 g/mol. The van der Waals surface area contributed by atoms with E-state index in [0.29, 0.717) is 23.0 Å². The summed E-state index contributed by atoms with van der Waals surface area (Å²) < 4.78 is 10.6. The van der Waals surface area contributed by atoms with Crippen LogP contribution in [-0.4, -0.2) is 29.2 Å². The molecule has 1 aromatic heterocycles. The van der Waals surface area contributed by atoms with Crippen LogP contribution in [0.15, 0.2) is 42.2 Å². The SMILES string of the molecule is O=C(Nc1ccc2c(c1)OCO2)c1cnc(NCCC2=CCCCC2)cn1. The van der Waals surface area contributed by atoms with Crippen LogP contribution in [0.2, 0.25) is 0 Å². The summed E-state index contributed by atoms with van der Waals surface area (Å²) in [5.74, 6) is 1.64. The fourth-order valence-electron chi connectivity index (χ4n) is 3.19. The number of hydrogen-bond acceptors (Lipinski definition) is 6. The van der Waals surface area contributed by atoms with Crippen molar-refractivity contribution >= 4 is 17.4 Å². The van der Waals surface area contributed by atoms with Crippen LogP contribution in [0.1, 0.15) is 42.6 Å². The normalized spacial score (nSPS) is 15.2. The van der Waals surface area contributed by atoms with Crippen LogP contribution in [0, 0.1) is 0 Å². The third-order valence-electron chi connectivity index (χ3n) is 4.65. The minimum Gasteiger partial charge on any atom is -0.454 e. The minimum atomic E-state index is -0.319. The average Bonchev–Trinajstić information content (AvgIpc) is 3.17. The van der Waals surface area contributed by atoms with Crippen LogP contribution in [-0.2, 0) is 0 Å². The number of nitrogens with zero attached hydrogens (tertiary/aromatic N) is 2. The second kappa shape index (κ2) is 8.07. The van der Waals surface area contributed by atoms with Gasteiger partial charge in [-0.15, -0.1) is 0 Å². The zero-order valence-corrected chi connectivity index (χ0v) is 15.0. The molecule has 0 saturated heterocycles. The maximum absolute atomic E-state index is 12.3. The Morgan fingerprint density at radius 1 is 1.11 bits per heavy atom. The lowest BCUT2D eigenvalue weighted by Gasteiger charge is -2.13. The first-order valence-corrected chi connectivity index (χ1v) is 9.23. The van der Waals surface area contributed by atoms with E-state index in [-0.39, 0.29) is 18.4 Å². The fraction of sp³-hybridized carbons (Fsp3) is 0.350. The molecule has 140 valence electrons. The number of nitrogens with one attached hydrogen (secondary N) is 2. The second-order valence-electron chi connectivity index (χ2n) is 6.59. The Labute approximate surface area is 157 Å². The van der Waals surface area contributed by atoms with E-state index in [9.17, 15) is 4.79 Å². The number of carbonyl (C=O) groups is 1. The molecule has 0 saturated carbocycles. The molecule has 1 amide bonds. The van der Waals surface area contributed by atoms with Crippen LogP contribution in [0.4, 0.5) is 11.5 Å². The molecule has 2 N–H and O–H groups in total. The summed E-state index contributed by atoms with van der Waals surface area (Å²) in [5.41, 5.74) is 2.39. The van der Waals surface area contributed by atoms with E-state index in [4.69, 9.17) is 9.47 Å². The number of allylic oxidation sites excluding steroid dienone is 1. The number of anilines is 2. The number of fused-ring (bicyclic) bond motifs is 1. The highest BCUT2D eigenvalue weighted by Gasteiger charge is 2.15. The second-order valence-corrected chi connectivity index (χ2v) is 6.59. The molecule has 7 heteroatoms. The van der Waals surface area contributed by atoms with Crippen molar-refractivity contribution in [2.24, 2.45) is 0 Å². The van der Waals surface area contributed by atoms with Crippen molar-refractivity contribution in [3.05, 3.63) is 47.9 Å². The van der Waals surface area contributed by atoms with Gasteiger partial charge in [0, 0.05) is 18.3 Å². The molecule has 1 aliphatic heterocycles. The maximum atomic E-state index is 12.3. The molecule has 2 heterocycles. The van der Waals surface area contributed by atoms with Crippen LogP contribution < -0.4 is 20.1 Å². The fourth-order valence-corrected chi connectivity index (χ4v) is 3.19. The molecule has 2 aliphatic rings. The van der Waals surface area contributed by atoms with Gasteiger partial charge in [0.15, 0.2) is 11.5 Å². The van der Waals surface area contributed by atoms with E-state index >= 15 is 0 Å². The Kier molecular flexibility index (Phi) is 5.18. The molecule has 4 rings (SSSR count). The summed E-state index contributed by atoms with van der Waals surface area (Å²) in [6.07, 6.45) is 11.4. The van der Waals surface area contributed by atoms with Gasteiger partial charge in [-0.2, -0.15) is 0 Å². The van der Waals surface area contributed by atoms with E-state index in [2.05, 4.69) is 26.7 Å². The van der Waals surface area contributed by atoms with Gasteiger partial charge in [0.05, 0.1) is 12.4 Å². The minimum absolute atomic E-state index is 0.198. The molecule has 0 bridgehead atoms. The van der Waals surface area contributed by atoms with Crippen molar-refractivity contribution in [2.75, 3.05) is 24.0 Å². The van der Waals surface area contributed by atoms with Gasteiger partial charge in [-0.25, -0.2) is 9.97 Å². The number of amides is 1. The van der Waals surface area contributed by atoms with Gasteiger partial charge >= 0.3 is 0 Å². The molecule has 1 aromatic carbocycles. The van der Waals surface area contributed by atoms with Gasteiger partial charge < -0.3 is 20.1 Å². The first-order chi connectivity index (χ1) is 13.3. The predicted octanol–water partition coefficient (Wildman–Crippen LogP) is 3.76. The number of ether oxygens (including phenoxy) is 2. The highest BCUT2D eigenvalue weighted by Crippen LogP contribution is 2.34. The zero-order chi connectivity index (χ0) is 18.5. The van der Waals surface area contributed by atoms with Gasteiger partial charge in [0.25, 0.3) is 5.91 Å². The summed E-state index contributed by atoms with van der Waals surface area (Å²) in [5, 5.41) is 6.05. The van der Waals surface area contributed by atoms with Crippen molar-refractivity contribution in [3.63, 3.8) is 0 Å². The Bertz CT molecular complexity index is 849. The molecule has 1 aliphatic carbocycles. The topological polar surface area (TPSA) is 85.4 Å². The number of aromatic nitrogens is 2. The van der Waals surface area contributed by atoms with Crippen molar-refractivity contribution in [1.29, 1.82) is 0 Å². The van der Waals surface area contributed by atoms with Gasteiger partial charge in [0.1, 0.15) is 11.5 Å². The third kappa shape index (κ3) is 4.36. The monoisotopic (exact) mass is 366 g/mol. The molecule has 7 nitrogen and oxygen atoms in total. The third-order valence-corrected chi connectivity index (χ3v) is 4.65.